The summed E-state index contributed by atoms with van der Waals surface area (Å²) in [6.07, 6.45) is 0.223. The molecule has 0 saturated carbocycles. The average molecular weight is 326 g/mol. The molecule has 0 aliphatic heterocycles. The van der Waals surface area contributed by atoms with Crippen LogP contribution in [0.25, 0.3) is 0 Å². The quantitative estimate of drug-likeness (QED) is 0.857. The standard InChI is InChI=1S/C19H22N2O3/c1-13-5-4-6-14(2)19(13)21-18(23)12-20-17(22)11-15-7-9-16(24-3)10-8-15/h4-10H,11-12H2,1-3H3,(H,20,22)(H,21,23). The number of para-hydroxylation sites is 1. The van der Waals surface area contributed by atoms with Crippen LogP contribution in [0.5, 0.6) is 5.75 Å². The van der Waals surface area contributed by atoms with Crippen LogP contribution in [-0.2, 0) is 16.0 Å². The highest BCUT2D eigenvalue weighted by atomic mass is 16.5. The molecule has 0 heterocycles. The van der Waals surface area contributed by atoms with Crippen molar-refractivity contribution in [3.8, 4) is 5.75 Å². The summed E-state index contributed by atoms with van der Waals surface area (Å²) in [5.74, 6) is 0.305. The second-order valence-corrected chi connectivity index (χ2v) is 5.62. The Morgan fingerprint density at radius 1 is 0.958 bits per heavy atom. The largest absolute Gasteiger partial charge is 0.497 e. The second-order valence-electron chi connectivity index (χ2n) is 5.62. The number of carbonyl (C=O) groups excluding carboxylic acids is 2. The third kappa shape index (κ3) is 4.84. The highest BCUT2D eigenvalue weighted by molar-refractivity contribution is 5.95. The van der Waals surface area contributed by atoms with Crippen LogP contribution in [0.1, 0.15) is 16.7 Å². The van der Waals surface area contributed by atoms with Gasteiger partial charge < -0.3 is 15.4 Å². The number of hydrogen-bond acceptors (Lipinski definition) is 3. The normalized spacial score (nSPS) is 10.1. The first-order valence-corrected chi connectivity index (χ1v) is 7.75. The maximum atomic E-state index is 12.0. The average Bonchev–Trinajstić information content (AvgIpc) is 2.57. The van der Waals surface area contributed by atoms with E-state index in [0.29, 0.717) is 0 Å². The summed E-state index contributed by atoms with van der Waals surface area (Å²) >= 11 is 0. The molecule has 0 fully saturated rings. The minimum absolute atomic E-state index is 0.0528. The Balaban J connectivity index is 1.83. The lowest BCUT2D eigenvalue weighted by Crippen LogP contribution is -2.34. The third-order valence-corrected chi connectivity index (χ3v) is 3.72. The maximum Gasteiger partial charge on any atom is 0.243 e. The smallest absolute Gasteiger partial charge is 0.243 e. The van der Waals surface area contributed by atoms with Crippen molar-refractivity contribution in [2.45, 2.75) is 20.3 Å². The Hall–Kier alpha value is -2.82. The zero-order valence-corrected chi connectivity index (χ0v) is 14.2. The minimum atomic E-state index is -0.240. The number of hydrogen-bond donors (Lipinski definition) is 2. The summed E-state index contributed by atoms with van der Waals surface area (Å²) in [6, 6.07) is 13.1. The fraction of sp³-hybridized carbons (Fsp3) is 0.263. The number of aryl methyl sites for hydroxylation is 2. The molecule has 2 aromatic carbocycles. The van der Waals surface area contributed by atoms with Gasteiger partial charge in [0.2, 0.25) is 11.8 Å². The topological polar surface area (TPSA) is 67.4 Å². The van der Waals surface area contributed by atoms with E-state index in [4.69, 9.17) is 4.74 Å². The number of methoxy groups -OCH3 is 1. The van der Waals surface area contributed by atoms with Crippen LogP contribution < -0.4 is 15.4 Å². The predicted octanol–water partition coefficient (Wildman–Crippen LogP) is 2.61. The highest BCUT2D eigenvalue weighted by Gasteiger charge is 2.09. The van der Waals surface area contributed by atoms with E-state index in [1.165, 1.54) is 0 Å². The molecule has 2 rings (SSSR count). The van der Waals surface area contributed by atoms with E-state index in [-0.39, 0.29) is 24.8 Å². The molecule has 0 unspecified atom stereocenters. The number of anilines is 1. The molecule has 24 heavy (non-hydrogen) atoms. The molecule has 2 amide bonds. The lowest BCUT2D eigenvalue weighted by molar-refractivity contribution is -0.123. The Morgan fingerprint density at radius 2 is 1.58 bits per heavy atom. The summed E-state index contributed by atoms with van der Waals surface area (Å²) < 4.78 is 5.08. The van der Waals surface area contributed by atoms with Gasteiger partial charge in [-0.1, -0.05) is 30.3 Å². The van der Waals surface area contributed by atoms with Gasteiger partial charge in [0.15, 0.2) is 0 Å². The first kappa shape index (κ1) is 17.5. The number of benzene rings is 2. The van der Waals surface area contributed by atoms with Gasteiger partial charge in [-0.2, -0.15) is 0 Å². The van der Waals surface area contributed by atoms with Crippen molar-refractivity contribution in [2.24, 2.45) is 0 Å². The lowest BCUT2D eigenvalue weighted by atomic mass is 10.1. The van der Waals surface area contributed by atoms with Crippen molar-refractivity contribution in [1.82, 2.24) is 5.32 Å². The zero-order valence-electron chi connectivity index (χ0n) is 14.2. The monoisotopic (exact) mass is 326 g/mol. The number of ether oxygens (including phenoxy) is 1. The van der Waals surface area contributed by atoms with Crippen molar-refractivity contribution < 1.29 is 14.3 Å². The van der Waals surface area contributed by atoms with Crippen LogP contribution in [-0.4, -0.2) is 25.5 Å². The van der Waals surface area contributed by atoms with Crippen LogP contribution in [0, 0.1) is 13.8 Å². The molecular formula is C19H22N2O3. The molecule has 2 N–H and O–H groups in total. The first-order valence-electron chi connectivity index (χ1n) is 7.75. The molecule has 0 radical (unpaired) electrons. The first-order chi connectivity index (χ1) is 11.5. The van der Waals surface area contributed by atoms with E-state index in [1.807, 2.05) is 44.2 Å². The van der Waals surface area contributed by atoms with Crippen LogP contribution in [0.2, 0.25) is 0 Å². The Labute approximate surface area is 142 Å². The summed E-state index contributed by atoms with van der Waals surface area (Å²) in [5.41, 5.74) is 3.65. The van der Waals surface area contributed by atoms with Gasteiger partial charge in [0.05, 0.1) is 20.1 Å². The summed E-state index contributed by atoms with van der Waals surface area (Å²) in [6.45, 7) is 3.82. The Morgan fingerprint density at radius 3 is 2.17 bits per heavy atom. The van der Waals surface area contributed by atoms with Crippen LogP contribution >= 0.6 is 0 Å². The summed E-state index contributed by atoms with van der Waals surface area (Å²) in [5, 5.41) is 5.48. The third-order valence-electron chi connectivity index (χ3n) is 3.72. The fourth-order valence-electron chi connectivity index (χ4n) is 2.37. The van der Waals surface area contributed by atoms with E-state index in [9.17, 15) is 9.59 Å². The molecule has 5 heteroatoms. The molecule has 0 aromatic heterocycles. The van der Waals surface area contributed by atoms with E-state index < -0.39 is 0 Å². The molecule has 0 spiro atoms. The van der Waals surface area contributed by atoms with Gasteiger partial charge in [0, 0.05) is 5.69 Å². The summed E-state index contributed by atoms with van der Waals surface area (Å²) in [4.78, 5) is 24.0. The van der Waals surface area contributed by atoms with Crippen molar-refractivity contribution >= 4 is 17.5 Å². The molecule has 126 valence electrons. The molecule has 0 atom stereocenters. The van der Waals surface area contributed by atoms with Gasteiger partial charge in [0.25, 0.3) is 0 Å². The van der Waals surface area contributed by atoms with E-state index in [0.717, 1.165) is 28.1 Å². The van der Waals surface area contributed by atoms with E-state index >= 15 is 0 Å². The number of nitrogens with one attached hydrogen (secondary N) is 2. The predicted molar refractivity (Wildman–Crippen MR) is 94.3 cm³/mol. The van der Waals surface area contributed by atoms with Gasteiger partial charge in [-0.15, -0.1) is 0 Å². The number of amides is 2. The van der Waals surface area contributed by atoms with Crippen LogP contribution in [0.4, 0.5) is 5.69 Å². The lowest BCUT2D eigenvalue weighted by Gasteiger charge is -2.12. The van der Waals surface area contributed by atoms with Gasteiger partial charge in [-0.25, -0.2) is 0 Å². The highest BCUT2D eigenvalue weighted by Crippen LogP contribution is 2.19. The zero-order chi connectivity index (χ0) is 17.5. The Bertz CT molecular complexity index is 704. The van der Waals surface area contributed by atoms with Crippen LogP contribution in [0.15, 0.2) is 42.5 Å². The SMILES string of the molecule is COc1ccc(CC(=O)NCC(=O)Nc2c(C)cccc2C)cc1. The van der Waals surface area contributed by atoms with E-state index in [1.54, 1.807) is 19.2 Å². The fourth-order valence-corrected chi connectivity index (χ4v) is 2.37. The number of carbonyl (C=O) groups is 2. The van der Waals surface area contributed by atoms with Crippen molar-refractivity contribution in [3.05, 3.63) is 59.2 Å². The van der Waals surface area contributed by atoms with Gasteiger partial charge in [-0.05, 0) is 42.7 Å². The molecule has 0 aliphatic carbocycles. The van der Waals surface area contributed by atoms with Crippen LogP contribution in [0.3, 0.4) is 0 Å². The van der Waals surface area contributed by atoms with Gasteiger partial charge in [-0.3, -0.25) is 9.59 Å². The molecule has 0 saturated heterocycles. The van der Waals surface area contributed by atoms with Crippen molar-refractivity contribution in [3.63, 3.8) is 0 Å². The minimum Gasteiger partial charge on any atom is -0.497 e. The van der Waals surface area contributed by atoms with Crippen molar-refractivity contribution in [1.29, 1.82) is 0 Å². The van der Waals surface area contributed by atoms with E-state index in [2.05, 4.69) is 10.6 Å². The Kier molecular flexibility index (Phi) is 5.95. The molecule has 0 bridgehead atoms. The summed E-state index contributed by atoms with van der Waals surface area (Å²) in [7, 11) is 1.59. The molecule has 5 nitrogen and oxygen atoms in total. The second kappa shape index (κ2) is 8.15. The molecule has 2 aromatic rings. The van der Waals surface area contributed by atoms with Crippen molar-refractivity contribution in [2.75, 3.05) is 19.0 Å². The molecule has 0 aliphatic rings. The van der Waals surface area contributed by atoms with Gasteiger partial charge >= 0.3 is 0 Å². The number of rotatable bonds is 6. The molecular weight excluding hydrogens is 304 g/mol. The maximum absolute atomic E-state index is 12.0. The van der Waals surface area contributed by atoms with Gasteiger partial charge in [0.1, 0.15) is 5.75 Å².